The van der Waals surface area contributed by atoms with E-state index in [1.54, 1.807) is 0 Å². The minimum atomic E-state index is -4.25. The SMILES string of the molecule is COC(=O)CN(CC(F)(F)F)C1CC1. The van der Waals surface area contributed by atoms with E-state index in [9.17, 15) is 18.0 Å². The Morgan fingerprint density at radius 2 is 2.07 bits per heavy atom. The third-order valence-electron chi connectivity index (χ3n) is 2.01. The summed E-state index contributed by atoms with van der Waals surface area (Å²) in [5, 5.41) is 0. The fourth-order valence-corrected chi connectivity index (χ4v) is 1.21. The van der Waals surface area contributed by atoms with Crippen LogP contribution in [0.5, 0.6) is 0 Å². The second-order valence-corrected chi connectivity index (χ2v) is 3.33. The molecule has 1 aliphatic carbocycles. The predicted molar refractivity (Wildman–Crippen MR) is 42.7 cm³/mol. The number of alkyl halides is 3. The molecule has 6 heteroatoms. The number of rotatable bonds is 4. The Labute approximate surface area is 79.8 Å². The van der Waals surface area contributed by atoms with Gasteiger partial charge in [-0.25, -0.2) is 0 Å². The van der Waals surface area contributed by atoms with Crippen molar-refractivity contribution in [2.45, 2.75) is 25.1 Å². The predicted octanol–water partition coefficient (Wildman–Crippen LogP) is 1.19. The van der Waals surface area contributed by atoms with E-state index in [1.807, 2.05) is 0 Å². The van der Waals surface area contributed by atoms with Crippen molar-refractivity contribution in [3.8, 4) is 0 Å². The van der Waals surface area contributed by atoms with Crippen LogP contribution < -0.4 is 0 Å². The third-order valence-corrected chi connectivity index (χ3v) is 2.01. The van der Waals surface area contributed by atoms with Gasteiger partial charge in [-0.1, -0.05) is 0 Å². The highest BCUT2D eigenvalue weighted by Gasteiger charge is 2.38. The second-order valence-electron chi connectivity index (χ2n) is 3.33. The summed E-state index contributed by atoms with van der Waals surface area (Å²) in [7, 11) is 1.17. The molecule has 0 amide bonds. The number of hydrogen-bond acceptors (Lipinski definition) is 3. The van der Waals surface area contributed by atoms with Crippen LogP contribution in [0.4, 0.5) is 13.2 Å². The normalized spacial score (nSPS) is 17.2. The number of esters is 1. The lowest BCUT2D eigenvalue weighted by atomic mass is 10.4. The molecule has 0 radical (unpaired) electrons. The first-order valence-corrected chi connectivity index (χ1v) is 4.30. The molecule has 1 aliphatic rings. The van der Waals surface area contributed by atoms with Gasteiger partial charge in [0.2, 0.25) is 0 Å². The van der Waals surface area contributed by atoms with E-state index in [2.05, 4.69) is 4.74 Å². The van der Waals surface area contributed by atoms with E-state index >= 15 is 0 Å². The zero-order valence-corrected chi connectivity index (χ0v) is 7.80. The smallest absolute Gasteiger partial charge is 0.401 e. The number of carbonyl (C=O) groups excluding carboxylic acids is 1. The van der Waals surface area contributed by atoms with Crippen molar-refractivity contribution in [2.24, 2.45) is 0 Å². The van der Waals surface area contributed by atoms with E-state index in [-0.39, 0.29) is 12.6 Å². The second kappa shape index (κ2) is 4.16. The highest BCUT2D eigenvalue weighted by atomic mass is 19.4. The lowest BCUT2D eigenvalue weighted by Gasteiger charge is -2.21. The average molecular weight is 211 g/mol. The number of methoxy groups -OCH3 is 1. The van der Waals surface area contributed by atoms with Crippen LogP contribution in [-0.2, 0) is 9.53 Å². The van der Waals surface area contributed by atoms with E-state index in [0.29, 0.717) is 0 Å². The molecule has 1 rings (SSSR count). The summed E-state index contributed by atoms with van der Waals surface area (Å²) in [6.45, 7) is -1.31. The monoisotopic (exact) mass is 211 g/mol. The van der Waals surface area contributed by atoms with Gasteiger partial charge in [-0.2, -0.15) is 13.2 Å². The van der Waals surface area contributed by atoms with Crippen molar-refractivity contribution >= 4 is 5.97 Å². The van der Waals surface area contributed by atoms with Crippen LogP contribution in [0.2, 0.25) is 0 Å². The van der Waals surface area contributed by atoms with Gasteiger partial charge in [0.1, 0.15) is 0 Å². The highest BCUT2D eigenvalue weighted by Crippen LogP contribution is 2.29. The summed E-state index contributed by atoms with van der Waals surface area (Å²) in [6.07, 6.45) is -2.79. The maximum Gasteiger partial charge on any atom is 0.401 e. The standard InChI is InChI=1S/C8H12F3NO2/c1-14-7(13)4-12(6-2-3-6)5-8(9,10)11/h6H,2-5H2,1H3. The molecule has 1 fully saturated rings. The topological polar surface area (TPSA) is 29.5 Å². The molecule has 82 valence electrons. The average Bonchev–Trinajstić information content (AvgIpc) is 2.82. The van der Waals surface area contributed by atoms with Crippen molar-refractivity contribution in [1.29, 1.82) is 0 Å². The molecule has 0 aromatic carbocycles. The van der Waals surface area contributed by atoms with Crippen molar-refractivity contribution in [2.75, 3.05) is 20.2 Å². The fourth-order valence-electron chi connectivity index (χ4n) is 1.21. The molecule has 0 heterocycles. The minimum absolute atomic E-state index is 0.101. The van der Waals surface area contributed by atoms with Gasteiger partial charge >= 0.3 is 12.1 Å². The van der Waals surface area contributed by atoms with Crippen LogP contribution in [0.15, 0.2) is 0 Å². The van der Waals surface area contributed by atoms with Crippen LogP contribution in [0.25, 0.3) is 0 Å². The molecule has 0 aromatic rings. The molecule has 0 aromatic heterocycles. The molecule has 1 saturated carbocycles. The van der Waals surface area contributed by atoms with Gasteiger partial charge in [0, 0.05) is 6.04 Å². The zero-order valence-electron chi connectivity index (χ0n) is 7.80. The Kier molecular flexibility index (Phi) is 3.36. The quantitative estimate of drug-likeness (QED) is 0.654. The molecule has 14 heavy (non-hydrogen) atoms. The van der Waals surface area contributed by atoms with E-state index in [1.165, 1.54) is 7.11 Å². The van der Waals surface area contributed by atoms with Crippen molar-refractivity contribution in [3.63, 3.8) is 0 Å². The van der Waals surface area contributed by atoms with E-state index < -0.39 is 18.7 Å². The summed E-state index contributed by atoms with van der Waals surface area (Å²) >= 11 is 0. The summed E-state index contributed by atoms with van der Waals surface area (Å²) in [5.74, 6) is -0.624. The fraction of sp³-hybridized carbons (Fsp3) is 0.875. The van der Waals surface area contributed by atoms with Crippen LogP contribution in [0, 0.1) is 0 Å². The van der Waals surface area contributed by atoms with Crippen molar-refractivity contribution in [1.82, 2.24) is 4.90 Å². The Bertz CT molecular complexity index is 213. The first kappa shape index (κ1) is 11.3. The summed E-state index contributed by atoms with van der Waals surface area (Å²) in [4.78, 5) is 11.9. The van der Waals surface area contributed by atoms with Gasteiger partial charge in [-0.3, -0.25) is 9.69 Å². The molecule has 0 saturated heterocycles. The first-order chi connectivity index (χ1) is 6.42. The Morgan fingerprint density at radius 3 is 2.43 bits per heavy atom. The molecule has 0 aliphatic heterocycles. The molecule has 3 nitrogen and oxygen atoms in total. The van der Waals surface area contributed by atoms with Gasteiger partial charge < -0.3 is 4.74 Å². The molecule has 0 spiro atoms. The lowest BCUT2D eigenvalue weighted by molar-refractivity contribution is -0.156. The number of halogens is 3. The Morgan fingerprint density at radius 1 is 1.50 bits per heavy atom. The number of ether oxygens (including phenoxy) is 1. The summed E-state index contributed by atoms with van der Waals surface area (Å²) < 4.78 is 40.5. The first-order valence-electron chi connectivity index (χ1n) is 4.30. The summed E-state index contributed by atoms with van der Waals surface area (Å²) in [5.41, 5.74) is 0. The third kappa shape index (κ3) is 3.95. The van der Waals surface area contributed by atoms with Crippen LogP contribution >= 0.6 is 0 Å². The molecule has 0 bridgehead atoms. The maximum absolute atomic E-state index is 12.1. The van der Waals surface area contributed by atoms with Gasteiger partial charge in [0.15, 0.2) is 0 Å². The van der Waals surface area contributed by atoms with Gasteiger partial charge in [-0.15, -0.1) is 0 Å². The number of hydrogen-bond donors (Lipinski definition) is 0. The number of carbonyl (C=O) groups is 1. The molecular formula is C8H12F3NO2. The summed E-state index contributed by atoms with van der Waals surface area (Å²) in [6, 6.07) is -0.101. The molecule has 0 unspecified atom stereocenters. The van der Waals surface area contributed by atoms with Gasteiger partial charge in [0.25, 0.3) is 0 Å². The van der Waals surface area contributed by atoms with Crippen molar-refractivity contribution in [3.05, 3.63) is 0 Å². The molecular weight excluding hydrogens is 199 g/mol. The highest BCUT2D eigenvalue weighted by molar-refractivity contribution is 5.71. The molecule has 0 atom stereocenters. The van der Waals surface area contributed by atoms with Crippen LogP contribution in [0.3, 0.4) is 0 Å². The maximum atomic E-state index is 12.1. The Balaban J connectivity index is 2.43. The van der Waals surface area contributed by atoms with Crippen LogP contribution in [0.1, 0.15) is 12.8 Å². The van der Waals surface area contributed by atoms with Gasteiger partial charge in [-0.05, 0) is 12.8 Å². The minimum Gasteiger partial charge on any atom is -0.468 e. The largest absolute Gasteiger partial charge is 0.468 e. The zero-order chi connectivity index (χ0) is 10.8. The van der Waals surface area contributed by atoms with Crippen LogP contribution in [-0.4, -0.2) is 43.3 Å². The van der Waals surface area contributed by atoms with E-state index in [0.717, 1.165) is 17.7 Å². The van der Waals surface area contributed by atoms with Crippen molar-refractivity contribution < 1.29 is 22.7 Å². The number of nitrogens with zero attached hydrogens (tertiary/aromatic N) is 1. The molecule has 0 N–H and O–H groups in total. The van der Waals surface area contributed by atoms with Gasteiger partial charge in [0.05, 0.1) is 20.2 Å². The lowest BCUT2D eigenvalue weighted by Crippen LogP contribution is -2.39. The van der Waals surface area contributed by atoms with E-state index in [4.69, 9.17) is 0 Å². The Hall–Kier alpha value is -0.780.